The van der Waals surface area contributed by atoms with E-state index in [2.05, 4.69) is 57.0 Å². The molecule has 0 saturated heterocycles. The Labute approximate surface area is 112 Å². The maximum Gasteiger partial charge on any atom is 0.0399 e. The van der Waals surface area contributed by atoms with Gasteiger partial charge in [0.25, 0.3) is 0 Å². The fourth-order valence-corrected chi connectivity index (χ4v) is 2.49. The Morgan fingerprint density at radius 2 is 1.67 bits per heavy atom. The summed E-state index contributed by atoms with van der Waals surface area (Å²) in [6.45, 7) is 6.66. The number of nitrogens with zero attached hydrogens (tertiary/aromatic N) is 1. The zero-order valence-electron chi connectivity index (χ0n) is 12.3. The largest absolute Gasteiger partial charge is 0.371 e. The lowest BCUT2D eigenvalue weighted by Crippen LogP contribution is -2.32. The third-order valence-electron chi connectivity index (χ3n) is 3.87. The number of benzene rings is 1. The summed E-state index contributed by atoms with van der Waals surface area (Å²) in [5.41, 5.74) is 8.82. The highest BCUT2D eigenvalue weighted by atomic mass is 15.1. The molecule has 1 unspecified atom stereocenters. The third kappa shape index (κ3) is 3.74. The summed E-state index contributed by atoms with van der Waals surface area (Å²) in [4.78, 5) is 2.41. The Morgan fingerprint density at radius 1 is 1.06 bits per heavy atom. The van der Waals surface area contributed by atoms with Crippen LogP contribution >= 0.6 is 0 Å². The molecule has 2 heteroatoms. The smallest absolute Gasteiger partial charge is 0.0399 e. The van der Waals surface area contributed by atoms with E-state index >= 15 is 0 Å². The van der Waals surface area contributed by atoms with Crippen molar-refractivity contribution in [1.29, 1.82) is 0 Å². The van der Waals surface area contributed by atoms with Crippen molar-refractivity contribution in [2.24, 2.45) is 5.73 Å². The van der Waals surface area contributed by atoms with Crippen LogP contribution in [0, 0.1) is 0 Å². The molecule has 2 N–H and O–H groups in total. The van der Waals surface area contributed by atoms with Gasteiger partial charge in [0.15, 0.2) is 0 Å². The quantitative estimate of drug-likeness (QED) is 0.799. The van der Waals surface area contributed by atoms with Crippen molar-refractivity contribution in [3.63, 3.8) is 0 Å². The van der Waals surface area contributed by atoms with Crippen LogP contribution in [-0.4, -0.2) is 19.1 Å². The first-order valence-electron chi connectivity index (χ1n) is 7.20. The van der Waals surface area contributed by atoms with E-state index < -0.39 is 0 Å². The maximum absolute atomic E-state index is 6.10. The van der Waals surface area contributed by atoms with Crippen molar-refractivity contribution in [2.45, 2.75) is 58.5 Å². The van der Waals surface area contributed by atoms with E-state index in [9.17, 15) is 0 Å². The normalized spacial score (nSPS) is 12.8. The Hall–Kier alpha value is -1.02. The summed E-state index contributed by atoms with van der Waals surface area (Å²) in [5.74, 6) is 0. The van der Waals surface area contributed by atoms with Crippen LogP contribution in [0.4, 0.5) is 5.69 Å². The molecule has 2 nitrogen and oxygen atoms in total. The van der Waals surface area contributed by atoms with Crippen LogP contribution in [0.1, 0.15) is 45.6 Å². The molecule has 1 aromatic carbocycles. The summed E-state index contributed by atoms with van der Waals surface area (Å²) in [7, 11) is 2.20. The minimum Gasteiger partial charge on any atom is -0.371 e. The number of hydrogen-bond donors (Lipinski definition) is 1. The van der Waals surface area contributed by atoms with Crippen LogP contribution in [0.2, 0.25) is 0 Å². The molecule has 18 heavy (non-hydrogen) atoms. The van der Waals surface area contributed by atoms with Gasteiger partial charge in [0.2, 0.25) is 0 Å². The van der Waals surface area contributed by atoms with Crippen molar-refractivity contribution in [3.05, 3.63) is 29.8 Å². The molecule has 0 bridgehead atoms. The molecule has 1 atom stereocenters. The van der Waals surface area contributed by atoms with Crippen LogP contribution in [0.3, 0.4) is 0 Å². The fourth-order valence-electron chi connectivity index (χ4n) is 2.49. The molecule has 0 aliphatic heterocycles. The summed E-state index contributed by atoms with van der Waals surface area (Å²) in [6, 6.07) is 9.54. The fraction of sp³-hybridized carbons (Fsp3) is 0.625. The molecule has 0 saturated carbocycles. The van der Waals surface area contributed by atoms with Gasteiger partial charge in [-0.15, -0.1) is 0 Å². The van der Waals surface area contributed by atoms with Crippen molar-refractivity contribution in [1.82, 2.24) is 0 Å². The van der Waals surface area contributed by atoms with E-state index in [4.69, 9.17) is 5.73 Å². The number of hydrogen-bond acceptors (Lipinski definition) is 2. The first kappa shape index (κ1) is 15.0. The van der Waals surface area contributed by atoms with Crippen LogP contribution in [0.5, 0.6) is 0 Å². The minimum atomic E-state index is 0.265. The van der Waals surface area contributed by atoms with Crippen molar-refractivity contribution < 1.29 is 0 Å². The first-order valence-corrected chi connectivity index (χ1v) is 7.20. The summed E-state index contributed by atoms with van der Waals surface area (Å²) in [5, 5.41) is 0. The van der Waals surface area contributed by atoms with E-state index in [1.165, 1.54) is 24.1 Å². The van der Waals surface area contributed by atoms with Gasteiger partial charge >= 0.3 is 0 Å². The minimum absolute atomic E-state index is 0.265. The standard InChI is InChI=1S/C16H28N2/c1-5-14(17)12-13-10-8-9-11-16(13)18(4)15(6-2)7-3/h8-11,14-15H,5-7,12,17H2,1-4H3. The highest BCUT2D eigenvalue weighted by Crippen LogP contribution is 2.24. The van der Waals surface area contributed by atoms with E-state index in [0.29, 0.717) is 6.04 Å². The van der Waals surface area contributed by atoms with Crippen molar-refractivity contribution in [2.75, 3.05) is 11.9 Å². The van der Waals surface area contributed by atoms with Gasteiger partial charge in [-0.25, -0.2) is 0 Å². The molecule has 0 aliphatic carbocycles. The second-order valence-corrected chi connectivity index (χ2v) is 5.08. The van der Waals surface area contributed by atoms with Gasteiger partial charge in [-0.1, -0.05) is 39.0 Å². The van der Waals surface area contributed by atoms with Gasteiger partial charge in [0, 0.05) is 24.8 Å². The lowest BCUT2D eigenvalue weighted by molar-refractivity contribution is 0.586. The average Bonchev–Trinajstić information content (AvgIpc) is 2.40. The van der Waals surface area contributed by atoms with Crippen LogP contribution in [0.25, 0.3) is 0 Å². The first-order chi connectivity index (χ1) is 8.63. The highest BCUT2D eigenvalue weighted by Gasteiger charge is 2.15. The number of rotatable bonds is 7. The lowest BCUT2D eigenvalue weighted by Gasteiger charge is -2.30. The van der Waals surface area contributed by atoms with Gasteiger partial charge in [-0.05, 0) is 37.3 Å². The van der Waals surface area contributed by atoms with E-state index in [1.807, 2.05) is 0 Å². The monoisotopic (exact) mass is 248 g/mol. The molecule has 0 spiro atoms. The maximum atomic E-state index is 6.10. The van der Waals surface area contributed by atoms with Crippen LogP contribution < -0.4 is 10.6 Å². The van der Waals surface area contributed by atoms with Crippen molar-refractivity contribution in [3.8, 4) is 0 Å². The summed E-state index contributed by atoms with van der Waals surface area (Å²) in [6.07, 6.45) is 4.36. The number of anilines is 1. The van der Waals surface area contributed by atoms with Gasteiger partial charge in [-0.2, -0.15) is 0 Å². The molecule has 0 amide bonds. The molecule has 1 rings (SSSR count). The molecule has 0 radical (unpaired) electrons. The molecule has 0 aromatic heterocycles. The van der Waals surface area contributed by atoms with Gasteiger partial charge < -0.3 is 10.6 Å². The van der Waals surface area contributed by atoms with Crippen LogP contribution in [-0.2, 0) is 6.42 Å². The van der Waals surface area contributed by atoms with Gasteiger partial charge in [0.1, 0.15) is 0 Å². The van der Waals surface area contributed by atoms with Crippen molar-refractivity contribution >= 4 is 5.69 Å². The lowest BCUT2D eigenvalue weighted by atomic mass is 10.0. The number of nitrogens with two attached hydrogens (primary N) is 1. The van der Waals surface area contributed by atoms with E-state index in [-0.39, 0.29) is 6.04 Å². The second-order valence-electron chi connectivity index (χ2n) is 5.08. The van der Waals surface area contributed by atoms with E-state index in [0.717, 1.165) is 12.8 Å². The Bertz CT molecular complexity index is 345. The molecule has 0 heterocycles. The zero-order valence-corrected chi connectivity index (χ0v) is 12.3. The highest BCUT2D eigenvalue weighted by molar-refractivity contribution is 5.54. The molecule has 102 valence electrons. The SMILES string of the molecule is CCC(N)Cc1ccccc1N(C)C(CC)CC. The predicted octanol–water partition coefficient (Wildman–Crippen LogP) is 3.59. The topological polar surface area (TPSA) is 29.3 Å². The molecular formula is C16H28N2. The van der Waals surface area contributed by atoms with Crippen LogP contribution in [0.15, 0.2) is 24.3 Å². The molecule has 1 aromatic rings. The average molecular weight is 248 g/mol. The third-order valence-corrected chi connectivity index (χ3v) is 3.87. The molecule has 0 fully saturated rings. The van der Waals surface area contributed by atoms with Gasteiger partial charge in [0.05, 0.1) is 0 Å². The number of para-hydroxylation sites is 1. The Kier molecular flexibility index (Phi) is 6.20. The van der Waals surface area contributed by atoms with Gasteiger partial charge in [-0.3, -0.25) is 0 Å². The van der Waals surface area contributed by atoms with E-state index in [1.54, 1.807) is 0 Å². The molecule has 0 aliphatic rings. The summed E-state index contributed by atoms with van der Waals surface area (Å²) < 4.78 is 0. The summed E-state index contributed by atoms with van der Waals surface area (Å²) >= 11 is 0. The second kappa shape index (κ2) is 7.42. The zero-order chi connectivity index (χ0) is 13.5. The predicted molar refractivity (Wildman–Crippen MR) is 81.2 cm³/mol. The molecular weight excluding hydrogens is 220 g/mol. The Morgan fingerprint density at radius 3 is 2.22 bits per heavy atom. The Balaban J connectivity index is 2.93.